The van der Waals surface area contributed by atoms with Gasteiger partial charge in [-0.25, -0.2) is 4.99 Å². The number of likely N-dealkylation sites (N-methyl/N-ethyl adjacent to an activating group) is 1. The van der Waals surface area contributed by atoms with E-state index in [0.717, 1.165) is 22.5 Å². The highest BCUT2D eigenvalue weighted by molar-refractivity contribution is 6.04. The Kier molecular flexibility index (Phi) is 4.33. The molecule has 2 aromatic carbocycles. The van der Waals surface area contributed by atoms with Crippen LogP contribution < -0.4 is 11.1 Å². The highest BCUT2D eigenvalue weighted by atomic mass is 16.1. The quantitative estimate of drug-likeness (QED) is 0.913. The summed E-state index contributed by atoms with van der Waals surface area (Å²) in [6, 6.07) is 15.2. The summed E-state index contributed by atoms with van der Waals surface area (Å²) >= 11 is 0. The van der Waals surface area contributed by atoms with Crippen molar-refractivity contribution in [2.24, 2.45) is 10.7 Å². The number of nitrogens with two attached hydrogens (primary N) is 1. The second kappa shape index (κ2) is 6.58. The van der Waals surface area contributed by atoms with Gasteiger partial charge >= 0.3 is 0 Å². The number of amides is 1. The number of benzene rings is 2. The molecule has 0 unspecified atom stereocenters. The van der Waals surface area contributed by atoms with Crippen LogP contribution in [0.2, 0.25) is 0 Å². The van der Waals surface area contributed by atoms with Crippen LogP contribution in [0.4, 0.5) is 5.69 Å². The van der Waals surface area contributed by atoms with E-state index in [1.165, 1.54) is 0 Å². The number of aryl methyl sites for hydroxylation is 1. The molecule has 0 aliphatic carbocycles. The van der Waals surface area contributed by atoms with E-state index in [4.69, 9.17) is 5.73 Å². The number of amidine groups is 1. The minimum atomic E-state index is -0.136. The number of rotatable bonds is 3. The monoisotopic (exact) mass is 320 g/mol. The molecule has 3 N–H and O–H groups in total. The van der Waals surface area contributed by atoms with Gasteiger partial charge in [-0.1, -0.05) is 29.8 Å². The number of anilines is 1. The molecule has 0 radical (unpaired) electrons. The number of carbonyl (C=O) groups excluding carboxylic acids is 1. The molecule has 0 bridgehead atoms. The third-order valence-corrected chi connectivity index (χ3v) is 3.89. The SMILES string of the molecule is Cc1ccc(NC(=O)c2cccc(C3=CN=C(N)CN3C)c2)cc1. The van der Waals surface area contributed by atoms with Crippen molar-refractivity contribution in [3.8, 4) is 0 Å². The minimum absolute atomic E-state index is 0.136. The molecule has 1 heterocycles. The van der Waals surface area contributed by atoms with Crippen molar-refractivity contribution in [2.75, 3.05) is 18.9 Å². The fourth-order valence-corrected chi connectivity index (χ4v) is 2.57. The van der Waals surface area contributed by atoms with Crippen molar-refractivity contribution >= 4 is 23.1 Å². The van der Waals surface area contributed by atoms with E-state index >= 15 is 0 Å². The number of carbonyl (C=O) groups is 1. The second-order valence-corrected chi connectivity index (χ2v) is 5.89. The summed E-state index contributed by atoms with van der Waals surface area (Å²) in [5.41, 5.74) is 10.2. The first-order valence-corrected chi connectivity index (χ1v) is 7.75. The Morgan fingerprint density at radius 2 is 1.96 bits per heavy atom. The first-order chi connectivity index (χ1) is 11.5. The molecule has 0 aromatic heterocycles. The van der Waals surface area contributed by atoms with E-state index in [-0.39, 0.29) is 5.91 Å². The smallest absolute Gasteiger partial charge is 0.255 e. The maximum absolute atomic E-state index is 12.5. The molecule has 0 saturated heterocycles. The van der Waals surface area contributed by atoms with Crippen LogP contribution >= 0.6 is 0 Å². The Hall–Kier alpha value is -3.08. The molecule has 1 aliphatic heterocycles. The number of nitrogens with zero attached hydrogens (tertiary/aromatic N) is 2. The van der Waals surface area contributed by atoms with Gasteiger partial charge in [-0.05, 0) is 31.2 Å². The lowest BCUT2D eigenvalue weighted by molar-refractivity contribution is 0.102. The zero-order valence-corrected chi connectivity index (χ0v) is 13.8. The molecule has 1 aliphatic rings. The molecule has 122 valence electrons. The van der Waals surface area contributed by atoms with Crippen molar-refractivity contribution in [1.29, 1.82) is 0 Å². The highest BCUT2D eigenvalue weighted by Gasteiger charge is 2.15. The summed E-state index contributed by atoms with van der Waals surface area (Å²) in [7, 11) is 1.95. The largest absolute Gasteiger partial charge is 0.386 e. The van der Waals surface area contributed by atoms with Gasteiger partial charge in [0.05, 0.1) is 18.4 Å². The fraction of sp³-hybridized carbons (Fsp3) is 0.158. The summed E-state index contributed by atoms with van der Waals surface area (Å²) in [5.74, 6) is 0.442. The summed E-state index contributed by atoms with van der Waals surface area (Å²) < 4.78 is 0. The molecule has 5 heteroatoms. The molecule has 2 aromatic rings. The van der Waals surface area contributed by atoms with Crippen molar-refractivity contribution in [3.63, 3.8) is 0 Å². The van der Waals surface area contributed by atoms with E-state index in [2.05, 4.69) is 10.3 Å². The van der Waals surface area contributed by atoms with Gasteiger partial charge in [0.1, 0.15) is 5.84 Å². The van der Waals surface area contributed by atoms with Gasteiger partial charge in [0, 0.05) is 23.9 Å². The summed E-state index contributed by atoms with van der Waals surface area (Å²) in [6.45, 7) is 2.59. The zero-order valence-electron chi connectivity index (χ0n) is 13.8. The molecule has 1 amide bonds. The first kappa shape index (κ1) is 15.8. The van der Waals surface area contributed by atoms with E-state index in [1.54, 1.807) is 12.3 Å². The molecule has 0 atom stereocenters. The van der Waals surface area contributed by atoms with Crippen LogP contribution in [0.15, 0.2) is 59.7 Å². The van der Waals surface area contributed by atoms with Crippen molar-refractivity contribution in [2.45, 2.75) is 6.92 Å². The second-order valence-electron chi connectivity index (χ2n) is 5.89. The van der Waals surface area contributed by atoms with Gasteiger partial charge in [-0.15, -0.1) is 0 Å². The van der Waals surface area contributed by atoms with Gasteiger partial charge in [0.25, 0.3) is 5.91 Å². The lowest BCUT2D eigenvalue weighted by atomic mass is 10.1. The standard InChI is InChI=1S/C19H20N4O/c1-13-6-8-16(9-7-13)22-19(24)15-5-3-4-14(10-15)17-11-21-18(20)12-23(17)2/h3-11H,12H2,1-2H3,(H2,20,21)(H,22,24). The number of nitrogens with one attached hydrogen (secondary N) is 1. The molecular formula is C19H20N4O. The maximum atomic E-state index is 12.5. The van der Waals surface area contributed by atoms with E-state index in [9.17, 15) is 4.79 Å². The average Bonchev–Trinajstić information content (AvgIpc) is 2.57. The Morgan fingerprint density at radius 3 is 2.67 bits per heavy atom. The Balaban J connectivity index is 1.82. The predicted octanol–water partition coefficient (Wildman–Crippen LogP) is 2.85. The molecule has 0 spiro atoms. The van der Waals surface area contributed by atoms with Crippen LogP contribution in [-0.2, 0) is 0 Å². The van der Waals surface area contributed by atoms with Crippen LogP contribution in [-0.4, -0.2) is 30.2 Å². The van der Waals surface area contributed by atoms with Crippen LogP contribution in [0.5, 0.6) is 0 Å². The molecule has 3 rings (SSSR count). The van der Waals surface area contributed by atoms with Crippen molar-refractivity contribution in [3.05, 3.63) is 71.4 Å². The third kappa shape index (κ3) is 3.46. The molecule has 5 nitrogen and oxygen atoms in total. The van der Waals surface area contributed by atoms with Gasteiger partial charge in [-0.3, -0.25) is 4.79 Å². The molecule has 0 fully saturated rings. The predicted molar refractivity (Wildman–Crippen MR) is 97.8 cm³/mol. The van der Waals surface area contributed by atoms with E-state index in [1.807, 2.05) is 61.3 Å². The lowest BCUT2D eigenvalue weighted by Crippen LogP contribution is -2.32. The summed E-state index contributed by atoms with van der Waals surface area (Å²) in [6.07, 6.45) is 1.73. The van der Waals surface area contributed by atoms with Gasteiger partial charge < -0.3 is 16.0 Å². The first-order valence-electron chi connectivity index (χ1n) is 7.75. The van der Waals surface area contributed by atoms with Crippen molar-refractivity contribution in [1.82, 2.24) is 4.90 Å². The number of aliphatic imine (C=N–C) groups is 1. The average molecular weight is 320 g/mol. The van der Waals surface area contributed by atoms with Crippen LogP contribution in [0.1, 0.15) is 21.5 Å². The Labute approximate surface area is 141 Å². The normalized spacial score (nSPS) is 14.0. The van der Waals surface area contributed by atoms with Crippen LogP contribution in [0, 0.1) is 6.92 Å². The molecule has 24 heavy (non-hydrogen) atoms. The topological polar surface area (TPSA) is 70.7 Å². The van der Waals surface area contributed by atoms with E-state index in [0.29, 0.717) is 17.9 Å². The zero-order chi connectivity index (χ0) is 17.1. The van der Waals surface area contributed by atoms with Gasteiger partial charge in [-0.2, -0.15) is 0 Å². The maximum Gasteiger partial charge on any atom is 0.255 e. The van der Waals surface area contributed by atoms with Gasteiger partial charge in [0.15, 0.2) is 0 Å². The van der Waals surface area contributed by atoms with Crippen LogP contribution in [0.3, 0.4) is 0 Å². The lowest BCUT2D eigenvalue weighted by Gasteiger charge is -2.25. The highest BCUT2D eigenvalue weighted by Crippen LogP contribution is 2.22. The Morgan fingerprint density at radius 1 is 1.21 bits per heavy atom. The van der Waals surface area contributed by atoms with E-state index < -0.39 is 0 Å². The van der Waals surface area contributed by atoms with Gasteiger partial charge in [0.2, 0.25) is 0 Å². The molecular weight excluding hydrogens is 300 g/mol. The minimum Gasteiger partial charge on any atom is -0.386 e. The Bertz CT molecular complexity index is 822. The number of hydrogen-bond donors (Lipinski definition) is 2. The van der Waals surface area contributed by atoms with Crippen molar-refractivity contribution < 1.29 is 4.79 Å². The summed E-state index contributed by atoms with van der Waals surface area (Å²) in [5, 5.41) is 2.91. The molecule has 0 saturated carbocycles. The fourth-order valence-electron chi connectivity index (χ4n) is 2.57. The number of hydrogen-bond acceptors (Lipinski definition) is 4. The van der Waals surface area contributed by atoms with Crippen LogP contribution in [0.25, 0.3) is 5.70 Å². The summed E-state index contributed by atoms with van der Waals surface area (Å²) in [4.78, 5) is 18.7. The third-order valence-electron chi connectivity index (χ3n) is 3.89.